The first-order valence-corrected chi connectivity index (χ1v) is 14.9. The van der Waals surface area contributed by atoms with Crippen LogP contribution in [-0.2, 0) is 30.4 Å². The molecule has 3 N–H and O–H groups in total. The van der Waals surface area contributed by atoms with Crippen molar-refractivity contribution in [2.24, 2.45) is 5.92 Å². The minimum absolute atomic E-state index is 0.0889. The normalized spacial score (nSPS) is 13.7. The van der Waals surface area contributed by atoms with Crippen molar-refractivity contribution in [3.63, 3.8) is 0 Å². The van der Waals surface area contributed by atoms with Crippen molar-refractivity contribution in [3.8, 4) is 5.75 Å². The number of amides is 5. The molecule has 0 fully saturated rings. The molecule has 0 saturated heterocycles. The van der Waals surface area contributed by atoms with Gasteiger partial charge in [0.15, 0.2) is 0 Å². The molecule has 0 spiro atoms. The van der Waals surface area contributed by atoms with Crippen LogP contribution >= 0.6 is 0 Å². The van der Waals surface area contributed by atoms with Crippen LogP contribution in [0.25, 0.3) is 0 Å². The average molecular weight is 651 g/mol. The van der Waals surface area contributed by atoms with Gasteiger partial charge < -0.3 is 30.6 Å². The van der Waals surface area contributed by atoms with Gasteiger partial charge in [-0.05, 0) is 61.4 Å². The first-order valence-electron chi connectivity index (χ1n) is 14.9. The summed E-state index contributed by atoms with van der Waals surface area (Å²) < 4.78 is 4.63. The van der Waals surface area contributed by atoms with Crippen LogP contribution in [0, 0.1) is 16.0 Å². The van der Waals surface area contributed by atoms with Crippen LogP contribution in [0.4, 0.5) is 16.2 Å². The van der Waals surface area contributed by atoms with Crippen molar-refractivity contribution in [3.05, 3.63) is 75.9 Å². The van der Waals surface area contributed by atoms with Gasteiger partial charge in [-0.25, -0.2) is 0 Å². The van der Waals surface area contributed by atoms with E-state index in [1.807, 2.05) is 0 Å². The Balaban J connectivity index is 1.48. The number of hydrogen-bond acceptors (Lipinski definition) is 10. The summed E-state index contributed by atoms with van der Waals surface area (Å²) in [7, 11) is 0. The van der Waals surface area contributed by atoms with E-state index in [0.29, 0.717) is 30.5 Å². The molecule has 2 aromatic carbocycles. The highest BCUT2D eigenvalue weighted by Gasteiger charge is 2.27. The molecule has 0 bridgehead atoms. The van der Waals surface area contributed by atoms with Crippen LogP contribution in [0.5, 0.6) is 5.75 Å². The number of unbranched alkanes of at least 4 members (excludes halogenated alkanes) is 2. The summed E-state index contributed by atoms with van der Waals surface area (Å²) in [4.78, 5) is 84.1. The summed E-state index contributed by atoms with van der Waals surface area (Å²) in [6.45, 7) is 5.29. The summed E-state index contributed by atoms with van der Waals surface area (Å²) in [5.41, 5.74) is 1.03. The molecule has 0 saturated carbocycles. The van der Waals surface area contributed by atoms with Crippen LogP contribution in [0.3, 0.4) is 0 Å². The largest absolute Gasteiger partial charge is 0.514 e. The number of carbonyl (C=O) groups excluding carboxylic acids is 6. The summed E-state index contributed by atoms with van der Waals surface area (Å²) in [5.74, 6) is -2.46. The number of carboxylic acid groups (broad SMARTS) is 1. The molecule has 2 atom stereocenters. The molecule has 5 amide bonds. The lowest BCUT2D eigenvalue weighted by atomic mass is 10.0. The number of nitrogens with zero attached hydrogens (tertiary/aromatic N) is 2. The van der Waals surface area contributed by atoms with Crippen LogP contribution in [0.2, 0.25) is 0 Å². The number of anilines is 1. The molecule has 0 aliphatic carbocycles. The summed E-state index contributed by atoms with van der Waals surface area (Å²) in [6.07, 6.45) is 2.53. The van der Waals surface area contributed by atoms with Crippen LogP contribution in [0.15, 0.2) is 54.6 Å². The third-order valence-corrected chi connectivity index (χ3v) is 7.27. The Morgan fingerprint density at radius 2 is 1.55 bits per heavy atom. The van der Waals surface area contributed by atoms with Crippen molar-refractivity contribution in [2.45, 2.75) is 65.0 Å². The van der Waals surface area contributed by atoms with Crippen LogP contribution in [0.1, 0.15) is 57.6 Å². The molecule has 2 aromatic rings. The van der Waals surface area contributed by atoms with Gasteiger partial charge in [-0.3, -0.25) is 39.0 Å². The second-order valence-corrected chi connectivity index (χ2v) is 11.3. The molecule has 3 rings (SSSR count). The zero-order valence-corrected chi connectivity index (χ0v) is 26.1. The van der Waals surface area contributed by atoms with Gasteiger partial charge in [-0.1, -0.05) is 32.4 Å². The average Bonchev–Trinajstić information content (AvgIpc) is 3.33. The molecule has 1 aliphatic rings. The second kappa shape index (κ2) is 16.6. The molecule has 0 unspecified atom stereocenters. The maximum Gasteiger partial charge on any atom is 0.269 e. The highest BCUT2D eigenvalue weighted by molar-refractivity contribution is 6.12. The van der Waals surface area contributed by atoms with Gasteiger partial charge in [0.05, 0.1) is 10.7 Å². The van der Waals surface area contributed by atoms with E-state index in [2.05, 4.69) is 20.7 Å². The Kier molecular flexibility index (Phi) is 12.7. The fourth-order valence-corrected chi connectivity index (χ4v) is 4.72. The monoisotopic (exact) mass is 650 g/mol. The number of nitro benzene ring substituents is 1. The molecular formula is C32H36N5O10-. The van der Waals surface area contributed by atoms with Crippen molar-refractivity contribution in [1.82, 2.24) is 15.5 Å². The van der Waals surface area contributed by atoms with Crippen LogP contribution < -0.4 is 25.8 Å². The van der Waals surface area contributed by atoms with Crippen LogP contribution in [-0.4, -0.2) is 64.1 Å². The lowest BCUT2D eigenvalue weighted by Crippen LogP contribution is -2.53. The minimum Gasteiger partial charge on any atom is -0.514 e. The highest BCUT2D eigenvalue weighted by atomic mass is 16.7. The van der Waals surface area contributed by atoms with Gasteiger partial charge in [0.1, 0.15) is 12.1 Å². The molecule has 15 heteroatoms. The highest BCUT2D eigenvalue weighted by Crippen LogP contribution is 2.27. The van der Waals surface area contributed by atoms with Crippen molar-refractivity contribution < 1.29 is 43.5 Å². The molecule has 1 heterocycles. The lowest BCUT2D eigenvalue weighted by molar-refractivity contribution is -0.385. The number of hydrogen-bond donors (Lipinski definition) is 3. The third kappa shape index (κ3) is 10.8. The Hall–Kier alpha value is -5.60. The van der Waals surface area contributed by atoms with E-state index < -0.39 is 35.0 Å². The SMILES string of the molecule is CC(C)[C@H](NC(=O)CCCCCN1C(=O)C=CC1=O)C(=O)N[C@@H](C)C(=O)Nc1ccc(Cc2cc([N+](=O)[O-])ccc2OC(=O)[O-])cc1. The maximum absolute atomic E-state index is 13.0. The maximum atomic E-state index is 13.0. The van der Waals surface area contributed by atoms with Gasteiger partial charge in [0, 0.05) is 42.9 Å². The van der Waals surface area contributed by atoms with Crippen molar-refractivity contribution >= 4 is 47.1 Å². The first-order chi connectivity index (χ1) is 22.2. The van der Waals surface area contributed by atoms with E-state index in [0.717, 1.165) is 11.0 Å². The summed E-state index contributed by atoms with van der Waals surface area (Å²) in [6, 6.07) is 8.07. The lowest BCUT2D eigenvalue weighted by Gasteiger charge is -2.24. The Labute approximate surface area is 270 Å². The van der Waals surface area contributed by atoms with E-state index >= 15 is 0 Å². The molecule has 1 aliphatic heterocycles. The van der Waals surface area contributed by atoms with E-state index in [-0.39, 0.29) is 60.0 Å². The fourth-order valence-electron chi connectivity index (χ4n) is 4.72. The molecule has 0 aromatic heterocycles. The van der Waals surface area contributed by atoms with Gasteiger partial charge in [0.25, 0.3) is 23.7 Å². The Morgan fingerprint density at radius 1 is 0.894 bits per heavy atom. The smallest absolute Gasteiger partial charge is 0.269 e. The van der Waals surface area contributed by atoms with Crippen molar-refractivity contribution in [2.75, 3.05) is 11.9 Å². The molecule has 47 heavy (non-hydrogen) atoms. The molecule has 15 nitrogen and oxygen atoms in total. The molecule has 250 valence electrons. The number of benzene rings is 2. The Bertz CT molecular complexity index is 1540. The topological polar surface area (TPSA) is 217 Å². The quantitative estimate of drug-likeness (QED) is 0.0599. The number of non-ortho nitro benzene ring substituents is 1. The third-order valence-electron chi connectivity index (χ3n) is 7.27. The number of ether oxygens (including phenoxy) is 1. The van der Waals surface area contributed by atoms with E-state index in [1.165, 1.54) is 31.2 Å². The predicted octanol–water partition coefficient (Wildman–Crippen LogP) is 1.98. The van der Waals surface area contributed by atoms with Gasteiger partial charge in [0.2, 0.25) is 17.7 Å². The number of rotatable bonds is 16. The predicted molar refractivity (Wildman–Crippen MR) is 166 cm³/mol. The Morgan fingerprint density at radius 3 is 2.15 bits per heavy atom. The van der Waals surface area contributed by atoms with Gasteiger partial charge >= 0.3 is 0 Å². The standard InChI is InChI=1S/C32H37N5O10/c1-19(2)29(35-26(38)7-5-4-6-16-36-27(39)14-15-28(36)40)31(42)33-20(3)30(41)34-23-10-8-21(9-11-23)17-22-18-24(37(45)46)12-13-25(22)47-32(43)44/h8-15,18-20,29H,4-7,16-17H2,1-3H3,(H,33,42)(H,34,41)(H,35,38)(H,43,44)/p-1/t20-,29-/m0/s1. The number of nitrogens with one attached hydrogen (secondary N) is 3. The van der Waals surface area contributed by atoms with Gasteiger partial charge in [-0.2, -0.15) is 0 Å². The second-order valence-electron chi connectivity index (χ2n) is 11.3. The fraction of sp³-hybridized carbons (Fsp3) is 0.375. The summed E-state index contributed by atoms with van der Waals surface area (Å²) >= 11 is 0. The van der Waals surface area contributed by atoms with E-state index in [1.54, 1.807) is 38.1 Å². The molecular weight excluding hydrogens is 614 g/mol. The number of nitro groups is 1. The number of carbonyl (C=O) groups is 6. The van der Waals surface area contributed by atoms with Crippen molar-refractivity contribution in [1.29, 1.82) is 0 Å². The minimum atomic E-state index is -1.81. The summed E-state index contributed by atoms with van der Waals surface area (Å²) in [5, 5.41) is 30.1. The van der Waals surface area contributed by atoms with Gasteiger partial charge in [-0.15, -0.1) is 0 Å². The first kappa shape index (κ1) is 35.9. The number of imide groups is 1. The zero-order chi connectivity index (χ0) is 34.7. The molecule has 0 radical (unpaired) electrons. The van der Waals surface area contributed by atoms with E-state index in [9.17, 15) is 44.0 Å². The van der Waals surface area contributed by atoms with E-state index in [4.69, 9.17) is 0 Å². The zero-order valence-electron chi connectivity index (χ0n) is 26.1.